The normalized spacial score (nSPS) is 26.3. The van der Waals surface area contributed by atoms with Crippen molar-refractivity contribution < 1.29 is 0 Å². The van der Waals surface area contributed by atoms with E-state index in [9.17, 15) is 0 Å². The van der Waals surface area contributed by atoms with Crippen LogP contribution in [-0.4, -0.2) is 0 Å². The van der Waals surface area contributed by atoms with Gasteiger partial charge in [-0.2, -0.15) is 0 Å². The Labute approximate surface area is 182 Å². The monoisotopic (exact) mass is 394 g/mol. The smallest absolute Gasteiger partial charge is 0.0143 e. The summed E-state index contributed by atoms with van der Waals surface area (Å²) in [7, 11) is 0. The first-order valence-electron chi connectivity index (χ1n) is 11.5. The van der Waals surface area contributed by atoms with Crippen LogP contribution < -0.4 is 0 Å². The minimum Gasteiger partial charge on any atom is -0.0701 e. The summed E-state index contributed by atoms with van der Waals surface area (Å²) in [6.07, 6.45) is 7.42. The van der Waals surface area contributed by atoms with Crippen LogP contribution in [0.2, 0.25) is 0 Å². The zero-order chi connectivity index (χ0) is 21.0. The van der Waals surface area contributed by atoms with Crippen molar-refractivity contribution in [3.8, 4) is 0 Å². The van der Waals surface area contributed by atoms with Gasteiger partial charge in [-0.1, -0.05) is 117 Å². The van der Waals surface area contributed by atoms with E-state index < -0.39 is 0 Å². The highest BCUT2D eigenvalue weighted by Crippen LogP contribution is 2.49. The maximum Gasteiger partial charge on any atom is 0.0143 e. The molecule has 0 nitrogen and oxygen atoms in total. The molecule has 3 aromatic rings. The highest BCUT2D eigenvalue weighted by molar-refractivity contribution is 5.68. The number of hydrogen-bond donors (Lipinski definition) is 0. The molecule has 0 fully saturated rings. The van der Waals surface area contributed by atoms with Crippen LogP contribution in [0, 0.1) is 12.8 Å². The fraction of sp³-hybridized carbons (Fsp3) is 0.333. The fourth-order valence-electron chi connectivity index (χ4n) is 5.57. The molecule has 0 saturated carbocycles. The van der Waals surface area contributed by atoms with Crippen molar-refractivity contribution in [1.82, 2.24) is 0 Å². The molecular weight excluding hydrogens is 360 g/mol. The average Bonchev–Trinajstić information content (AvgIpc) is 2.78. The van der Waals surface area contributed by atoms with Gasteiger partial charge in [0.2, 0.25) is 0 Å². The number of rotatable bonds is 4. The van der Waals surface area contributed by atoms with E-state index in [0.717, 1.165) is 6.42 Å². The van der Waals surface area contributed by atoms with Crippen LogP contribution >= 0.6 is 0 Å². The van der Waals surface area contributed by atoms with Gasteiger partial charge in [-0.15, -0.1) is 0 Å². The van der Waals surface area contributed by atoms with Crippen molar-refractivity contribution in [2.45, 2.75) is 57.8 Å². The van der Waals surface area contributed by atoms with Crippen LogP contribution in [0.15, 0.2) is 91.0 Å². The maximum absolute atomic E-state index is 2.62. The third kappa shape index (κ3) is 4.15. The van der Waals surface area contributed by atoms with Gasteiger partial charge in [0.1, 0.15) is 0 Å². The lowest BCUT2D eigenvalue weighted by Crippen LogP contribution is -2.35. The summed E-state index contributed by atoms with van der Waals surface area (Å²) >= 11 is 0. The summed E-state index contributed by atoms with van der Waals surface area (Å²) in [5.41, 5.74) is 7.15. The summed E-state index contributed by atoms with van der Waals surface area (Å²) < 4.78 is 0. The van der Waals surface area contributed by atoms with Crippen molar-refractivity contribution in [2.24, 2.45) is 5.92 Å². The summed E-state index contributed by atoms with van der Waals surface area (Å²) in [5.74, 6) is 1.14. The maximum atomic E-state index is 2.62. The molecule has 3 aromatic carbocycles. The van der Waals surface area contributed by atoms with E-state index in [1.807, 2.05) is 0 Å². The Hall–Kier alpha value is -2.60. The van der Waals surface area contributed by atoms with Gasteiger partial charge in [0, 0.05) is 5.41 Å². The zero-order valence-electron chi connectivity index (χ0n) is 18.6. The lowest BCUT2D eigenvalue weighted by atomic mass is 9.61. The third-order valence-electron chi connectivity index (χ3n) is 7.18. The minimum atomic E-state index is -0.00282. The van der Waals surface area contributed by atoms with Gasteiger partial charge in [0.05, 0.1) is 0 Å². The molecule has 4 rings (SSSR count). The second-order valence-corrected chi connectivity index (χ2v) is 9.11. The van der Waals surface area contributed by atoms with Crippen LogP contribution in [0.4, 0.5) is 0 Å². The van der Waals surface area contributed by atoms with E-state index in [2.05, 4.69) is 112 Å². The summed E-state index contributed by atoms with van der Waals surface area (Å²) in [5, 5.41) is 0. The molecule has 0 spiro atoms. The number of aryl methyl sites for hydroxylation is 1. The average molecular weight is 395 g/mol. The Bertz CT molecular complexity index is 966. The zero-order valence-corrected chi connectivity index (χ0v) is 18.6. The molecule has 1 aliphatic rings. The Morgan fingerprint density at radius 3 is 2.10 bits per heavy atom. The topological polar surface area (TPSA) is 0 Å². The molecule has 154 valence electrons. The van der Waals surface area contributed by atoms with Gasteiger partial charge >= 0.3 is 0 Å². The number of allylic oxidation sites excluding steroid dienone is 2. The Kier molecular flexibility index (Phi) is 6.23. The molecule has 0 radical (unpaired) electrons. The van der Waals surface area contributed by atoms with Gasteiger partial charge in [0.25, 0.3) is 0 Å². The first kappa shape index (κ1) is 20.7. The molecule has 0 bridgehead atoms. The van der Waals surface area contributed by atoms with Crippen molar-refractivity contribution >= 4 is 5.57 Å². The number of benzene rings is 3. The SMILES string of the molecule is CCC1[C@H](c2ccccc2)CCC/C(c2ccc(C)cc2)=C\[C@]1(C)c1ccccc1. The highest BCUT2D eigenvalue weighted by Gasteiger charge is 2.39. The summed E-state index contributed by atoms with van der Waals surface area (Å²) in [4.78, 5) is 0. The van der Waals surface area contributed by atoms with E-state index >= 15 is 0 Å². The van der Waals surface area contributed by atoms with Gasteiger partial charge < -0.3 is 0 Å². The van der Waals surface area contributed by atoms with E-state index in [-0.39, 0.29) is 5.41 Å². The predicted molar refractivity (Wildman–Crippen MR) is 130 cm³/mol. The molecule has 0 N–H and O–H groups in total. The molecule has 0 amide bonds. The van der Waals surface area contributed by atoms with Crippen LogP contribution in [0.25, 0.3) is 5.57 Å². The van der Waals surface area contributed by atoms with Gasteiger partial charge in [-0.25, -0.2) is 0 Å². The van der Waals surface area contributed by atoms with Crippen LogP contribution in [0.5, 0.6) is 0 Å². The van der Waals surface area contributed by atoms with Crippen molar-refractivity contribution in [1.29, 1.82) is 0 Å². The van der Waals surface area contributed by atoms with Crippen molar-refractivity contribution in [3.05, 3.63) is 113 Å². The van der Waals surface area contributed by atoms with Crippen LogP contribution in [-0.2, 0) is 5.41 Å². The quantitative estimate of drug-likeness (QED) is 0.417. The third-order valence-corrected chi connectivity index (χ3v) is 7.18. The minimum absolute atomic E-state index is 0.00282. The standard InChI is InChI=1S/C30H34/c1-4-29-28(25-12-7-5-8-13-25)17-11-14-26(24-20-18-23(2)19-21-24)22-30(29,3)27-15-9-6-10-16-27/h5-10,12-13,15-16,18-22,28-29H,4,11,14,17H2,1-3H3/b26-22+/t28-,29?,30+/m0/s1. The van der Waals surface area contributed by atoms with Gasteiger partial charge in [0.15, 0.2) is 0 Å². The van der Waals surface area contributed by atoms with E-state index in [1.165, 1.54) is 47.1 Å². The second-order valence-electron chi connectivity index (χ2n) is 9.11. The fourth-order valence-corrected chi connectivity index (χ4v) is 5.57. The molecule has 30 heavy (non-hydrogen) atoms. The van der Waals surface area contributed by atoms with Gasteiger partial charge in [-0.3, -0.25) is 0 Å². The van der Waals surface area contributed by atoms with Gasteiger partial charge in [-0.05, 0) is 60.3 Å². The molecule has 0 aromatic heterocycles. The Balaban J connectivity index is 1.87. The largest absolute Gasteiger partial charge is 0.0701 e. The van der Waals surface area contributed by atoms with E-state index in [0.29, 0.717) is 11.8 Å². The second kappa shape index (κ2) is 9.04. The van der Waals surface area contributed by atoms with Crippen molar-refractivity contribution in [2.75, 3.05) is 0 Å². The highest BCUT2D eigenvalue weighted by atomic mass is 14.4. The molecule has 1 aliphatic carbocycles. The van der Waals surface area contributed by atoms with Crippen molar-refractivity contribution in [3.63, 3.8) is 0 Å². The Morgan fingerprint density at radius 1 is 0.833 bits per heavy atom. The number of hydrogen-bond acceptors (Lipinski definition) is 0. The predicted octanol–water partition coefficient (Wildman–Crippen LogP) is 8.33. The molecule has 0 heterocycles. The first-order valence-corrected chi connectivity index (χ1v) is 11.5. The lowest BCUT2D eigenvalue weighted by Gasteiger charge is -2.43. The molecule has 3 atom stereocenters. The van der Waals surface area contributed by atoms with E-state index in [1.54, 1.807) is 0 Å². The lowest BCUT2D eigenvalue weighted by molar-refractivity contribution is 0.269. The first-order chi connectivity index (χ1) is 14.6. The molecule has 0 aliphatic heterocycles. The summed E-state index contributed by atoms with van der Waals surface area (Å²) in [6, 6.07) is 31.5. The molecule has 0 saturated heterocycles. The summed E-state index contributed by atoms with van der Waals surface area (Å²) in [6.45, 7) is 7.02. The van der Waals surface area contributed by atoms with E-state index in [4.69, 9.17) is 0 Å². The molecular formula is C30H34. The molecule has 0 heteroatoms. The van der Waals surface area contributed by atoms with Crippen LogP contribution in [0.3, 0.4) is 0 Å². The Morgan fingerprint density at radius 2 is 1.47 bits per heavy atom. The molecule has 1 unspecified atom stereocenters. The van der Waals surface area contributed by atoms with Crippen LogP contribution in [0.1, 0.15) is 67.7 Å².